The molecule has 1 aromatic carbocycles. The number of hydrogen-bond acceptors (Lipinski definition) is 2. The van der Waals surface area contributed by atoms with E-state index in [1.807, 2.05) is 29.1 Å². The van der Waals surface area contributed by atoms with Gasteiger partial charge in [0.25, 0.3) is 0 Å². The predicted octanol–water partition coefficient (Wildman–Crippen LogP) is 2.43. The fraction of sp³-hybridized carbons (Fsp3) is 0.286. The smallest absolute Gasteiger partial charge is 0.228 e. The highest BCUT2D eigenvalue weighted by atomic mass is 79.9. The average molecular weight is 320 g/mol. The SMILES string of the molecule is O=C1CC(Br)CN1c1cnn(Cc2ccccc2)c1. The minimum absolute atomic E-state index is 0.154. The van der Waals surface area contributed by atoms with E-state index in [0.29, 0.717) is 6.42 Å². The highest BCUT2D eigenvalue weighted by Gasteiger charge is 2.29. The number of alkyl halides is 1. The normalized spacial score (nSPS) is 19.1. The Bertz CT molecular complexity index is 581. The van der Waals surface area contributed by atoms with E-state index in [1.165, 1.54) is 5.56 Å². The predicted molar refractivity (Wildman–Crippen MR) is 77.5 cm³/mol. The average Bonchev–Trinajstić information content (AvgIpc) is 2.97. The van der Waals surface area contributed by atoms with Crippen LogP contribution in [0.25, 0.3) is 0 Å². The van der Waals surface area contributed by atoms with Crippen LogP contribution in [0.5, 0.6) is 0 Å². The van der Waals surface area contributed by atoms with Gasteiger partial charge in [-0.2, -0.15) is 5.10 Å². The first-order valence-electron chi connectivity index (χ1n) is 6.23. The molecule has 1 unspecified atom stereocenters. The molecule has 1 fully saturated rings. The number of aromatic nitrogens is 2. The quantitative estimate of drug-likeness (QED) is 0.815. The van der Waals surface area contributed by atoms with Gasteiger partial charge in [-0.3, -0.25) is 9.48 Å². The van der Waals surface area contributed by atoms with Crippen molar-refractivity contribution in [1.29, 1.82) is 0 Å². The summed E-state index contributed by atoms with van der Waals surface area (Å²) < 4.78 is 1.86. The Labute approximate surface area is 120 Å². The van der Waals surface area contributed by atoms with Crippen LogP contribution in [0.1, 0.15) is 12.0 Å². The van der Waals surface area contributed by atoms with Crippen molar-refractivity contribution in [2.75, 3.05) is 11.4 Å². The zero-order valence-corrected chi connectivity index (χ0v) is 12.0. The summed E-state index contributed by atoms with van der Waals surface area (Å²) in [7, 11) is 0. The van der Waals surface area contributed by atoms with Gasteiger partial charge in [0.05, 0.1) is 18.4 Å². The summed E-state index contributed by atoms with van der Waals surface area (Å²) >= 11 is 3.49. The van der Waals surface area contributed by atoms with Crippen LogP contribution in [-0.2, 0) is 11.3 Å². The lowest BCUT2D eigenvalue weighted by Gasteiger charge is -2.12. The van der Waals surface area contributed by atoms with Gasteiger partial charge < -0.3 is 4.90 Å². The summed E-state index contributed by atoms with van der Waals surface area (Å²) in [6.45, 7) is 1.44. The number of carbonyl (C=O) groups is 1. The topological polar surface area (TPSA) is 38.1 Å². The molecule has 3 rings (SSSR count). The van der Waals surface area contributed by atoms with Crippen molar-refractivity contribution in [3.8, 4) is 0 Å². The van der Waals surface area contributed by atoms with Crippen LogP contribution >= 0.6 is 15.9 Å². The van der Waals surface area contributed by atoms with Gasteiger partial charge in [0, 0.05) is 24.0 Å². The molecule has 1 atom stereocenters. The number of hydrogen-bond donors (Lipinski definition) is 0. The van der Waals surface area contributed by atoms with Crippen molar-refractivity contribution in [1.82, 2.24) is 9.78 Å². The van der Waals surface area contributed by atoms with Crippen LogP contribution in [0.2, 0.25) is 0 Å². The fourth-order valence-corrected chi connectivity index (χ4v) is 2.83. The van der Waals surface area contributed by atoms with Gasteiger partial charge in [0.15, 0.2) is 0 Å². The van der Waals surface area contributed by atoms with E-state index < -0.39 is 0 Å². The Kier molecular flexibility index (Phi) is 3.38. The first kappa shape index (κ1) is 12.4. The zero-order valence-electron chi connectivity index (χ0n) is 10.4. The van der Waals surface area contributed by atoms with Gasteiger partial charge in [-0.25, -0.2) is 0 Å². The van der Waals surface area contributed by atoms with Crippen LogP contribution in [0.3, 0.4) is 0 Å². The molecule has 4 nitrogen and oxygen atoms in total. The Morgan fingerprint density at radius 2 is 2.11 bits per heavy atom. The zero-order chi connectivity index (χ0) is 13.2. The van der Waals surface area contributed by atoms with E-state index in [1.54, 1.807) is 11.1 Å². The van der Waals surface area contributed by atoms with Crippen molar-refractivity contribution in [2.45, 2.75) is 17.8 Å². The Morgan fingerprint density at radius 1 is 1.32 bits per heavy atom. The molecule has 1 aliphatic heterocycles. The van der Waals surface area contributed by atoms with E-state index in [4.69, 9.17) is 0 Å². The summed E-state index contributed by atoms with van der Waals surface area (Å²) in [5, 5.41) is 4.32. The van der Waals surface area contributed by atoms with Gasteiger partial charge in [-0.15, -0.1) is 0 Å². The molecule has 0 saturated carbocycles. The molecule has 98 valence electrons. The van der Waals surface area contributed by atoms with Gasteiger partial charge in [0.1, 0.15) is 0 Å². The summed E-state index contributed by atoms with van der Waals surface area (Å²) in [6.07, 6.45) is 4.24. The van der Waals surface area contributed by atoms with Crippen LogP contribution in [0.4, 0.5) is 5.69 Å². The van der Waals surface area contributed by atoms with Crippen molar-refractivity contribution in [3.63, 3.8) is 0 Å². The van der Waals surface area contributed by atoms with Crippen molar-refractivity contribution in [3.05, 3.63) is 48.3 Å². The molecule has 5 heteroatoms. The maximum absolute atomic E-state index is 11.8. The molecule has 1 aromatic heterocycles. The molecule has 1 saturated heterocycles. The van der Waals surface area contributed by atoms with Crippen LogP contribution < -0.4 is 4.90 Å². The molecule has 1 amide bonds. The highest BCUT2D eigenvalue weighted by molar-refractivity contribution is 9.09. The molecule has 1 aliphatic rings. The molecule has 0 radical (unpaired) electrons. The summed E-state index contributed by atoms with van der Waals surface area (Å²) in [5.41, 5.74) is 2.08. The molecule has 2 heterocycles. The Hall–Kier alpha value is -1.62. The summed E-state index contributed by atoms with van der Waals surface area (Å²) in [4.78, 5) is 13.8. The molecule has 2 aromatic rings. The molecule has 19 heavy (non-hydrogen) atoms. The second-order valence-corrected chi connectivity index (χ2v) is 5.98. The maximum Gasteiger partial charge on any atom is 0.228 e. The van der Waals surface area contributed by atoms with Gasteiger partial charge >= 0.3 is 0 Å². The third-order valence-corrected chi connectivity index (χ3v) is 3.81. The second-order valence-electron chi connectivity index (χ2n) is 4.69. The summed E-state index contributed by atoms with van der Waals surface area (Å²) in [5.74, 6) is 0.154. The highest BCUT2D eigenvalue weighted by Crippen LogP contribution is 2.24. The lowest BCUT2D eigenvalue weighted by atomic mass is 10.2. The molecular weight excluding hydrogens is 306 g/mol. The molecular formula is C14H14BrN3O. The van der Waals surface area contributed by atoms with E-state index >= 15 is 0 Å². The number of anilines is 1. The van der Waals surface area contributed by atoms with Gasteiger partial charge in [0.2, 0.25) is 5.91 Å². The number of nitrogens with zero attached hydrogens (tertiary/aromatic N) is 3. The van der Waals surface area contributed by atoms with E-state index in [-0.39, 0.29) is 10.7 Å². The molecule has 0 aliphatic carbocycles. The molecule has 0 N–H and O–H groups in total. The lowest BCUT2D eigenvalue weighted by molar-refractivity contribution is -0.117. The van der Waals surface area contributed by atoms with E-state index in [0.717, 1.165) is 18.8 Å². The summed E-state index contributed by atoms with van der Waals surface area (Å²) in [6, 6.07) is 10.2. The fourth-order valence-electron chi connectivity index (χ4n) is 2.26. The number of carbonyl (C=O) groups excluding carboxylic acids is 1. The maximum atomic E-state index is 11.8. The number of rotatable bonds is 3. The first-order chi connectivity index (χ1) is 9.22. The van der Waals surface area contributed by atoms with Crippen LogP contribution in [0.15, 0.2) is 42.7 Å². The lowest BCUT2D eigenvalue weighted by Crippen LogP contribution is -2.24. The third kappa shape index (κ3) is 2.71. The van der Waals surface area contributed by atoms with Crippen molar-refractivity contribution in [2.24, 2.45) is 0 Å². The van der Waals surface area contributed by atoms with Gasteiger partial charge in [-0.05, 0) is 5.56 Å². The second kappa shape index (κ2) is 5.17. The van der Waals surface area contributed by atoms with Gasteiger partial charge in [-0.1, -0.05) is 46.3 Å². The minimum Gasteiger partial charge on any atom is -0.308 e. The third-order valence-electron chi connectivity index (χ3n) is 3.20. The number of halogens is 1. The standard InChI is InChI=1S/C14H14BrN3O/c15-12-6-14(19)18(9-12)13-7-16-17(10-13)8-11-4-2-1-3-5-11/h1-5,7,10,12H,6,8-9H2. The minimum atomic E-state index is 0.154. The first-order valence-corrected chi connectivity index (χ1v) is 7.15. The van der Waals surface area contributed by atoms with Crippen molar-refractivity contribution < 1.29 is 4.79 Å². The molecule has 0 bridgehead atoms. The largest absolute Gasteiger partial charge is 0.308 e. The number of benzene rings is 1. The molecule has 0 spiro atoms. The Morgan fingerprint density at radius 3 is 2.79 bits per heavy atom. The van der Waals surface area contributed by atoms with E-state index in [9.17, 15) is 4.79 Å². The van der Waals surface area contributed by atoms with E-state index in [2.05, 4.69) is 33.2 Å². The van der Waals surface area contributed by atoms with Crippen LogP contribution in [0, 0.1) is 0 Å². The number of amides is 1. The van der Waals surface area contributed by atoms with Crippen molar-refractivity contribution >= 4 is 27.5 Å². The monoisotopic (exact) mass is 319 g/mol. The Balaban J connectivity index is 1.75. The van der Waals surface area contributed by atoms with Crippen LogP contribution in [-0.4, -0.2) is 27.1 Å².